The highest BCUT2D eigenvalue weighted by atomic mass is 15.0. The lowest BCUT2D eigenvalue weighted by Crippen LogP contribution is -2.07. The van der Waals surface area contributed by atoms with Crippen LogP contribution in [0.4, 0.5) is 0 Å². The minimum Gasteiger partial charge on any atom is -0.296 e. The topological polar surface area (TPSA) is 17.3 Å². The summed E-state index contributed by atoms with van der Waals surface area (Å²) in [5, 5.41) is 3.94. The van der Waals surface area contributed by atoms with Gasteiger partial charge in [-0.2, -0.15) is 0 Å². The van der Waals surface area contributed by atoms with Crippen LogP contribution in [0.5, 0.6) is 0 Å². The van der Waals surface area contributed by atoms with Gasteiger partial charge in [-0.15, -0.1) is 0 Å². The number of fused-ring (bicyclic) bond motifs is 3. The molecule has 0 N–H and O–H groups in total. The molecule has 5 rings (SSSR count). The zero-order chi connectivity index (χ0) is 13.3. The van der Waals surface area contributed by atoms with Crippen LogP contribution in [0.15, 0.2) is 42.6 Å². The molecule has 0 radical (unpaired) electrons. The first-order valence-corrected chi connectivity index (χ1v) is 7.13. The van der Waals surface area contributed by atoms with E-state index < -0.39 is 0 Å². The van der Waals surface area contributed by atoms with Gasteiger partial charge in [-0.05, 0) is 36.8 Å². The Balaban J connectivity index is 2.23. The van der Waals surface area contributed by atoms with Crippen LogP contribution >= 0.6 is 0 Å². The number of aryl methyl sites for hydroxylation is 3. The lowest BCUT2D eigenvalue weighted by molar-refractivity contribution is 0.877. The number of imidazole rings is 1. The number of para-hydroxylation sites is 1. The molecule has 0 amide bonds. The molecule has 0 atom stereocenters. The predicted octanol–water partition coefficient (Wildman–Crippen LogP) is 4.05. The maximum Gasteiger partial charge on any atom is 0.145 e. The summed E-state index contributed by atoms with van der Waals surface area (Å²) in [5.74, 6) is 0. The lowest BCUT2D eigenvalue weighted by atomic mass is 9.97. The third kappa shape index (κ3) is 1.12. The van der Waals surface area contributed by atoms with Gasteiger partial charge >= 0.3 is 0 Å². The van der Waals surface area contributed by atoms with Crippen LogP contribution in [0.25, 0.3) is 27.3 Å². The molecule has 0 spiro atoms. The number of hydrogen-bond acceptors (Lipinski definition) is 1. The fourth-order valence-electron chi connectivity index (χ4n) is 3.62. The van der Waals surface area contributed by atoms with Crippen molar-refractivity contribution in [1.29, 1.82) is 0 Å². The molecule has 1 aliphatic heterocycles. The van der Waals surface area contributed by atoms with Gasteiger partial charge in [-0.1, -0.05) is 35.9 Å². The largest absolute Gasteiger partial charge is 0.296 e. The van der Waals surface area contributed by atoms with E-state index in [9.17, 15) is 0 Å². The summed E-state index contributed by atoms with van der Waals surface area (Å²) in [4.78, 5) is 4.71. The fourth-order valence-corrected chi connectivity index (χ4v) is 3.62. The summed E-state index contributed by atoms with van der Waals surface area (Å²) in [6.45, 7) is 2.15. The minimum atomic E-state index is 1.09. The van der Waals surface area contributed by atoms with E-state index in [2.05, 4.69) is 47.7 Å². The molecule has 0 saturated heterocycles. The van der Waals surface area contributed by atoms with Gasteiger partial charge in [0.2, 0.25) is 0 Å². The van der Waals surface area contributed by atoms with E-state index in [1.54, 1.807) is 0 Å². The molecule has 0 fully saturated rings. The first-order valence-electron chi connectivity index (χ1n) is 7.13. The maximum absolute atomic E-state index is 4.71. The van der Waals surface area contributed by atoms with Crippen molar-refractivity contribution in [3.05, 3.63) is 59.4 Å². The van der Waals surface area contributed by atoms with Crippen molar-refractivity contribution in [3.8, 4) is 0 Å². The highest BCUT2D eigenvalue weighted by molar-refractivity contribution is 6.12. The van der Waals surface area contributed by atoms with Gasteiger partial charge in [0, 0.05) is 22.7 Å². The zero-order valence-corrected chi connectivity index (χ0v) is 11.4. The van der Waals surface area contributed by atoms with Crippen LogP contribution in [0.3, 0.4) is 0 Å². The normalized spacial score (nSPS) is 13.8. The molecule has 4 aromatic rings. The Morgan fingerprint density at radius 2 is 1.95 bits per heavy atom. The summed E-state index contributed by atoms with van der Waals surface area (Å²) in [5.41, 5.74) is 6.54. The fraction of sp³-hybridized carbons (Fsp3) is 0.167. The third-order valence-corrected chi connectivity index (χ3v) is 4.53. The molecule has 1 aliphatic rings. The Bertz CT molecular complexity index is 1010. The smallest absolute Gasteiger partial charge is 0.145 e. The maximum atomic E-state index is 4.71. The Kier molecular flexibility index (Phi) is 1.77. The highest BCUT2D eigenvalue weighted by Gasteiger charge is 2.18. The van der Waals surface area contributed by atoms with Crippen molar-refractivity contribution in [1.82, 2.24) is 9.38 Å². The second-order valence-electron chi connectivity index (χ2n) is 5.77. The molecule has 20 heavy (non-hydrogen) atoms. The quantitative estimate of drug-likeness (QED) is 0.435. The number of benzene rings is 2. The van der Waals surface area contributed by atoms with E-state index in [0.717, 1.165) is 18.5 Å². The average Bonchev–Trinajstić information content (AvgIpc) is 2.91. The molecule has 0 saturated carbocycles. The van der Waals surface area contributed by atoms with Gasteiger partial charge in [0.05, 0.1) is 5.52 Å². The monoisotopic (exact) mass is 258 g/mol. The lowest BCUT2D eigenvalue weighted by Gasteiger charge is -2.18. The van der Waals surface area contributed by atoms with E-state index in [-0.39, 0.29) is 0 Å². The van der Waals surface area contributed by atoms with Crippen molar-refractivity contribution in [2.45, 2.75) is 19.8 Å². The first-order chi connectivity index (χ1) is 9.83. The average molecular weight is 258 g/mol. The van der Waals surface area contributed by atoms with Crippen molar-refractivity contribution >= 4 is 27.3 Å². The Hall–Kier alpha value is -2.35. The number of rotatable bonds is 0. The Labute approximate surface area is 116 Å². The molecule has 2 heteroatoms. The van der Waals surface area contributed by atoms with Gasteiger partial charge in [-0.25, -0.2) is 4.98 Å². The van der Waals surface area contributed by atoms with Crippen molar-refractivity contribution in [2.75, 3.05) is 0 Å². The van der Waals surface area contributed by atoms with Crippen molar-refractivity contribution in [3.63, 3.8) is 0 Å². The first kappa shape index (κ1) is 10.4. The summed E-state index contributed by atoms with van der Waals surface area (Å²) >= 11 is 0. The van der Waals surface area contributed by atoms with E-state index in [1.165, 1.54) is 38.5 Å². The summed E-state index contributed by atoms with van der Waals surface area (Å²) in [6, 6.07) is 13.4. The molecule has 0 unspecified atom stereocenters. The molecule has 2 nitrogen and oxygen atoms in total. The van der Waals surface area contributed by atoms with Crippen LogP contribution in [0.1, 0.15) is 16.8 Å². The third-order valence-electron chi connectivity index (χ3n) is 4.53. The van der Waals surface area contributed by atoms with Gasteiger partial charge in [0.15, 0.2) is 0 Å². The summed E-state index contributed by atoms with van der Waals surface area (Å²) in [6.07, 6.45) is 4.26. The molecule has 2 aromatic heterocycles. The van der Waals surface area contributed by atoms with E-state index >= 15 is 0 Å². The number of hydrogen-bond donors (Lipinski definition) is 0. The number of nitrogens with zero attached hydrogens (tertiary/aromatic N) is 2. The molecule has 3 heterocycles. The minimum absolute atomic E-state index is 1.09. The predicted molar refractivity (Wildman–Crippen MR) is 82.3 cm³/mol. The molecule has 96 valence electrons. The van der Waals surface area contributed by atoms with E-state index in [4.69, 9.17) is 4.98 Å². The SMILES string of the molecule is Cc1ccc2c(c1)c1ncc3n1c1c(cccc21)CC3. The molecule has 0 bridgehead atoms. The van der Waals surface area contributed by atoms with Crippen LogP contribution in [0.2, 0.25) is 0 Å². The highest BCUT2D eigenvalue weighted by Crippen LogP contribution is 2.34. The van der Waals surface area contributed by atoms with Crippen LogP contribution in [0, 0.1) is 6.92 Å². The number of pyridine rings is 1. The zero-order valence-electron chi connectivity index (χ0n) is 11.4. The number of aromatic nitrogens is 2. The summed E-state index contributed by atoms with van der Waals surface area (Å²) < 4.78 is 2.37. The molecule has 0 aliphatic carbocycles. The second-order valence-corrected chi connectivity index (χ2v) is 5.77. The van der Waals surface area contributed by atoms with Crippen LogP contribution < -0.4 is 0 Å². The second kappa shape index (κ2) is 3.40. The Morgan fingerprint density at radius 3 is 2.90 bits per heavy atom. The van der Waals surface area contributed by atoms with Gasteiger partial charge in [0.25, 0.3) is 0 Å². The van der Waals surface area contributed by atoms with Gasteiger partial charge in [-0.3, -0.25) is 4.40 Å². The van der Waals surface area contributed by atoms with Crippen molar-refractivity contribution in [2.24, 2.45) is 0 Å². The molecular formula is C18H14N2. The van der Waals surface area contributed by atoms with Crippen LogP contribution in [-0.2, 0) is 12.8 Å². The molecule has 2 aromatic carbocycles. The Morgan fingerprint density at radius 1 is 1.00 bits per heavy atom. The summed E-state index contributed by atoms with van der Waals surface area (Å²) in [7, 11) is 0. The van der Waals surface area contributed by atoms with E-state index in [1.807, 2.05) is 6.20 Å². The van der Waals surface area contributed by atoms with Crippen molar-refractivity contribution < 1.29 is 0 Å². The van der Waals surface area contributed by atoms with E-state index in [0.29, 0.717) is 0 Å². The molecular weight excluding hydrogens is 244 g/mol. The van der Waals surface area contributed by atoms with Gasteiger partial charge < -0.3 is 0 Å². The van der Waals surface area contributed by atoms with Crippen LogP contribution in [-0.4, -0.2) is 9.38 Å². The van der Waals surface area contributed by atoms with Gasteiger partial charge in [0.1, 0.15) is 5.65 Å². The standard InChI is InChI=1S/C18H14N2/c1-11-5-8-14-15-4-2-3-12-6-7-13-10-19-18(16(14)9-11)20(13)17(12)15/h2-5,8-10H,6-7H2,1H3.